The Morgan fingerprint density at radius 2 is 2.05 bits per heavy atom. The fourth-order valence-corrected chi connectivity index (χ4v) is 1.61. The molecule has 2 N–H and O–H groups in total. The summed E-state index contributed by atoms with van der Waals surface area (Å²) >= 11 is 0. The van der Waals surface area contributed by atoms with Crippen LogP contribution in [-0.4, -0.2) is 15.9 Å². The van der Waals surface area contributed by atoms with Crippen LogP contribution in [0.3, 0.4) is 0 Å². The van der Waals surface area contributed by atoms with Gasteiger partial charge in [0.15, 0.2) is 0 Å². The first-order valence-corrected chi connectivity index (χ1v) is 5.90. The Balaban J connectivity index is 2.09. The van der Waals surface area contributed by atoms with Crippen LogP contribution >= 0.6 is 0 Å². The summed E-state index contributed by atoms with van der Waals surface area (Å²) in [5.74, 6) is -0.629. The first-order chi connectivity index (χ1) is 9.95. The highest BCUT2D eigenvalue weighted by molar-refractivity contribution is 5.99. The Hall–Kier alpha value is -3.03. The molecule has 2 aromatic rings. The van der Waals surface area contributed by atoms with Crippen molar-refractivity contribution < 1.29 is 14.1 Å². The quantitative estimate of drug-likeness (QED) is 0.670. The molecule has 1 heterocycles. The Bertz CT molecular complexity index is 706. The predicted molar refractivity (Wildman–Crippen MR) is 74.7 cm³/mol. The maximum Gasteiger partial charge on any atom is 0.324 e. The van der Waals surface area contributed by atoms with Gasteiger partial charge in [-0.1, -0.05) is 0 Å². The van der Waals surface area contributed by atoms with Gasteiger partial charge in [0.2, 0.25) is 5.82 Å². The number of nitrogens with zero attached hydrogens (tertiary/aromatic N) is 2. The van der Waals surface area contributed by atoms with Crippen LogP contribution in [0.2, 0.25) is 0 Å². The maximum absolute atomic E-state index is 13.2. The molecule has 2 amide bonds. The molecule has 0 saturated carbocycles. The van der Waals surface area contributed by atoms with Crippen LogP contribution in [0.15, 0.2) is 36.5 Å². The summed E-state index contributed by atoms with van der Waals surface area (Å²) < 4.78 is 13.2. The number of nitro benzene ring substituents is 1. The van der Waals surface area contributed by atoms with Crippen molar-refractivity contribution in [2.45, 2.75) is 6.92 Å². The summed E-state index contributed by atoms with van der Waals surface area (Å²) in [7, 11) is 0. The normalized spacial score (nSPS) is 10.0. The fourth-order valence-electron chi connectivity index (χ4n) is 1.61. The van der Waals surface area contributed by atoms with E-state index in [1.54, 1.807) is 12.1 Å². The molecule has 0 fully saturated rings. The van der Waals surface area contributed by atoms with Crippen molar-refractivity contribution in [1.82, 2.24) is 4.98 Å². The highest BCUT2D eigenvalue weighted by atomic mass is 19.1. The zero-order valence-electron chi connectivity index (χ0n) is 11.0. The number of rotatable bonds is 3. The van der Waals surface area contributed by atoms with Crippen molar-refractivity contribution in [3.8, 4) is 0 Å². The van der Waals surface area contributed by atoms with E-state index in [2.05, 4.69) is 15.6 Å². The molecular weight excluding hydrogens is 279 g/mol. The molecule has 8 heteroatoms. The molecule has 0 saturated heterocycles. The van der Waals surface area contributed by atoms with E-state index < -0.39 is 22.5 Å². The van der Waals surface area contributed by atoms with E-state index in [1.807, 2.05) is 6.92 Å². The summed E-state index contributed by atoms with van der Waals surface area (Å²) in [4.78, 5) is 25.4. The number of pyridine rings is 1. The van der Waals surface area contributed by atoms with Crippen LogP contribution in [0, 0.1) is 22.9 Å². The molecule has 0 unspecified atom stereocenters. The lowest BCUT2D eigenvalue weighted by atomic mass is 10.2. The Morgan fingerprint density at radius 1 is 1.29 bits per heavy atom. The average molecular weight is 290 g/mol. The van der Waals surface area contributed by atoms with Crippen molar-refractivity contribution in [1.29, 1.82) is 0 Å². The Kier molecular flexibility index (Phi) is 4.07. The van der Waals surface area contributed by atoms with Gasteiger partial charge in [-0.25, -0.2) is 9.78 Å². The van der Waals surface area contributed by atoms with Gasteiger partial charge in [-0.15, -0.1) is 0 Å². The van der Waals surface area contributed by atoms with Gasteiger partial charge in [0.1, 0.15) is 5.82 Å². The lowest BCUT2D eigenvalue weighted by Gasteiger charge is -2.07. The molecule has 0 aliphatic carbocycles. The first-order valence-electron chi connectivity index (χ1n) is 5.90. The number of benzene rings is 1. The van der Waals surface area contributed by atoms with Gasteiger partial charge in [-0.2, -0.15) is 4.39 Å². The smallest absolute Gasteiger partial charge is 0.307 e. The fraction of sp³-hybridized carbons (Fsp3) is 0.0769. The number of hydrogen-bond donors (Lipinski definition) is 2. The second-order valence-corrected chi connectivity index (χ2v) is 4.22. The van der Waals surface area contributed by atoms with Gasteiger partial charge in [-0.05, 0) is 36.8 Å². The van der Waals surface area contributed by atoms with E-state index in [0.29, 0.717) is 5.82 Å². The number of aryl methyl sites for hydroxylation is 1. The lowest BCUT2D eigenvalue weighted by molar-refractivity contribution is -0.387. The van der Waals surface area contributed by atoms with E-state index in [0.717, 1.165) is 17.7 Å². The Morgan fingerprint density at radius 3 is 2.71 bits per heavy atom. The molecule has 0 aliphatic heterocycles. The minimum Gasteiger partial charge on any atom is -0.307 e. The summed E-state index contributed by atoms with van der Waals surface area (Å²) in [6.45, 7) is 1.84. The third kappa shape index (κ3) is 3.72. The second-order valence-electron chi connectivity index (χ2n) is 4.22. The molecule has 1 aromatic heterocycles. The molecule has 0 spiro atoms. The monoisotopic (exact) mass is 290 g/mol. The van der Waals surface area contributed by atoms with Gasteiger partial charge < -0.3 is 5.32 Å². The number of urea groups is 1. The van der Waals surface area contributed by atoms with Crippen molar-refractivity contribution >= 4 is 23.2 Å². The molecule has 2 rings (SSSR count). The number of aromatic nitrogens is 1. The first kappa shape index (κ1) is 14.4. The molecular formula is C13H11FN4O3. The molecule has 21 heavy (non-hydrogen) atoms. The molecule has 108 valence electrons. The molecule has 1 aromatic carbocycles. The van der Waals surface area contributed by atoms with Crippen LogP contribution in [0.25, 0.3) is 0 Å². The molecule has 0 aliphatic rings. The largest absolute Gasteiger partial charge is 0.324 e. The van der Waals surface area contributed by atoms with Crippen molar-refractivity contribution in [3.63, 3.8) is 0 Å². The zero-order valence-corrected chi connectivity index (χ0v) is 11.0. The average Bonchev–Trinajstić information content (AvgIpc) is 2.40. The maximum atomic E-state index is 13.2. The Labute approximate surface area is 119 Å². The summed E-state index contributed by atoms with van der Waals surface area (Å²) in [6, 6.07) is 5.89. The van der Waals surface area contributed by atoms with Gasteiger partial charge in [0.05, 0.1) is 4.92 Å². The van der Waals surface area contributed by atoms with Crippen LogP contribution in [0.5, 0.6) is 0 Å². The van der Waals surface area contributed by atoms with Crippen molar-refractivity contribution in [2.75, 3.05) is 10.6 Å². The van der Waals surface area contributed by atoms with Gasteiger partial charge >= 0.3 is 11.7 Å². The number of carbonyl (C=O) groups excluding carboxylic acids is 1. The standard InChI is InChI=1S/C13H11FN4O3/c1-8-4-5-15-12(6-8)17-13(19)16-9-2-3-10(14)11(7-9)18(20)21/h2-7H,1H3,(H2,15,16,17,19). The summed E-state index contributed by atoms with van der Waals surface area (Å²) in [5.41, 5.74) is 0.312. The van der Waals surface area contributed by atoms with E-state index in [4.69, 9.17) is 0 Å². The third-order valence-corrected chi connectivity index (χ3v) is 2.56. The van der Waals surface area contributed by atoms with Gasteiger partial charge in [-0.3, -0.25) is 15.4 Å². The highest BCUT2D eigenvalue weighted by Gasteiger charge is 2.15. The van der Waals surface area contributed by atoms with Gasteiger partial charge in [0.25, 0.3) is 0 Å². The highest BCUT2D eigenvalue weighted by Crippen LogP contribution is 2.21. The van der Waals surface area contributed by atoms with Crippen molar-refractivity contribution in [2.24, 2.45) is 0 Å². The van der Waals surface area contributed by atoms with E-state index in [9.17, 15) is 19.3 Å². The van der Waals surface area contributed by atoms with E-state index in [1.165, 1.54) is 12.3 Å². The molecule has 0 atom stereocenters. The van der Waals surface area contributed by atoms with Crippen molar-refractivity contribution in [3.05, 3.63) is 58.0 Å². The zero-order chi connectivity index (χ0) is 15.4. The minimum absolute atomic E-state index is 0.105. The number of amides is 2. The number of carbonyl (C=O) groups is 1. The molecule has 7 nitrogen and oxygen atoms in total. The SMILES string of the molecule is Cc1ccnc(NC(=O)Nc2ccc(F)c([N+](=O)[O-])c2)c1. The number of nitrogens with one attached hydrogen (secondary N) is 2. The number of hydrogen-bond acceptors (Lipinski definition) is 4. The second kappa shape index (κ2) is 5.95. The predicted octanol–water partition coefficient (Wildman–Crippen LogP) is 3.08. The van der Waals surface area contributed by atoms with E-state index >= 15 is 0 Å². The minimum atomic E-state index is -0.966. The topological polar surface area (TPSA) is 97.2 Å². The number of anilines is 2. The van der Waals surface area contributed by atoms with Gasteiger partial charge in [0, 0.05) is 18.0 Å². The third-order valence-electron chi connectivity index (χ3n) is 2.56. The van der Waals surface area contributed by atoms with Crippen LogP contribution < -0.4 is 10.6 Å². The number of nitro groups is 1. The summed E-state index contributed by atoms with van der Waals surface area (Å²) in [5, 5.41) is 15.5. The molecule has 0 bridgehead atoms. The molecule has 0 radical (unpaired) electrons. The van der Waals surface area contributed by atoms with Crippen LogP contribution in [0.4, 0.5) is 26.4 Å². The van der Waals surface area contributed by atoms with Crippen LogP contribution in [-0.2, 0) is 0 Å². The van der Waals surface area contributed by atoms with E-state index in [-0.39, 0.29) is 5.69 Å². The lowest BCUT2D eigenvalue weighted by Crippen LogP contribution is -2.20. The summed E-state index contributed by atoms with van der Waals surface area (Å²) in [6.07, 6.45) is 1.54. The van der Waals surface area contributed by atoms with Crippen LogP contribution in [0.1, 0.15) is 5.56 Å². The number of halogens is 1.